The number of hydrogen-bond donors (Lipinski definition) is 1. The molecule has 158 valence electrons. The van der Waals surface area contributed by atoms with Crippen LogP contribution in [0.4, 0.5) is 11.4 Å². The van der Waals surface area contributed by atoms with Gasteiger partial charge in [-0.1, -0.05) is 5.16 Å². The molecule has 1 aliphatic heterocycles. The number of hydrogen-bond acceptors (Lipinski definition) is 7. The van der Waals surface area contributed by atoms with Crippen LogP contribution in [-0.4, -0.2) is 50.6 Å². The smallest absolute Gasteiger partial charge is 0.229 e. The summed E-state index contributed by atoms with van der Waals surface area (Å²) in [5.41, 5.74) is 3.06. The molecule has 0 saturated carbocycles. The zero-order valence-corrected chi connectivity index (χ0v) is 17.5. The first kappa shape index (κ1) is 21.0. The summed E-state index contributed by atoms with van der Waals surface area (Å²) in [7, 11) is 0. The summed E-state index contributed by atoms with van der Waals surface area (Å²) in [5, 5.41) is 6.87. The molecule has 1 aliphatic rings. The van der Waals surface area contributed by atoms with Gasteiger partial charge >= 0.3 is 0 Å². The largest absolute Gasteiger partial charge is 0.492 e. The lowest BCUT2D eigenvalue weighted by atomic mass is 10.1. The van der Waals surface area contributed by atoms with Crippen LogP contribution in [-0.2, 0) is 16.0 Å². The van der Waals surface area contributed by atoms with Crippen LogP contribution in [0.15, 0.2) is 16.7 Å². The van der Waals surface area contributed by atoms with E-state index in [9.17, 15) is 4.79 Å². The van der Waals surface area contributed by atoms with Crippen LogP contribution in [0, 0.1) is 13.8 Å². The van der Waals surface area contributed by atoms with Gasteiger partial charge in [-0.2, -0.15) is 0 Å². The average molecular weight is 403 g/mol. The van der Waals surface area contributed by atoms with Crippen molar-refractivity contribution in [3.63, 3.8) is 0 Å². The first-order valence-corrected chi connectivity index (χ1v) is 10.0. The molecule has 0 spiro atoms. The number of nitrogens with one attached hydrogen (secondary N) is 1. The van der Waals surface area contributed by atoms with E-state index in [1.165, 1.54) is 0 Å². The van der Waals surface area contributed by atoms with Gasteiger partial charge in [-0.25, -0.2) is 0 Å². The van der Waals surface area contributed by atoms with E-state index in [4.69, 9.17) is 18.7 Å². The predicted octanol–water partition coefficient (Wildman–Crippen LogP) is 3.11. The predicted molar refractivity (Wildman–Crippen MR) is 110 cm³/mol. The highest BCUT2D eigenvalue weighted by atomic mass is 16.5. The second-order valence-corrected chi connectivity index (χ2v) is 6.81. The molecule has 1 amide bonds. The lowest BCUT2D eigenvalue weighted by Crippen LogP contribution is -2.36. The van der Waals surface area contributed by atoms with E-state index < -0.39 is 0 Å². The topological polar surface area (TPSA) is 86.1 Å². The number of aromatic nitrogens is 1. The highest BCUT2D eigenvalue weighted by Crippen LogP contribution is 2.39. The fourth-order valence-electron chi connectivity index (χ4n) is 3.35. The summed E-state index contributed by atoms with van der Waals surface area (Å²) < 4.78 is 22.3. The Kier molecular flexibility index (Phi) is 6.98. The Labute approximate surface area is 171 Å². The number of amides is 1. The van der Waals surface area contributed by atoms with Crippen LogP contribution in [0.3, 0.4) is 0 Å². The van der Waals surface area contributed by atoms with Gasteiger partial charge in [0, 0.05) is 30.8 Å². The minimum Gasteiger partial charge on any atom is -0.492 e. The van der Waals surface area contributed by atoms with Crippen molar-refractivity contribution in [1.82, 2.24) is 5.16 Å². The Morgan fingerprint density at radius 1 is 1.14 bits per heavy atom. The number of aryl methyl sites for hydroxylation is 2. The first-order valence-electron chi connectivity index (χ1n) is 10.0. The molecule has 1 fully saturated rings. The van der Waals surface area contributed by atoms with Gasteiger partial charge in [-0.3, -0.25) is 4.79 Å². The maximum Gasteiger partial charge on any atom is 0.229 e. The van der Waals surface area contributed by atoms with Gasteiger partial charge in [0.05, 0.1) is 49.9 Å². The lowest BCUT2D eigenvalue weighted by molar-refractivity contribution is -0.115. The van der Waals surface area contributed by atoms with Crippen molar-refractivity contribution in [3.05, 3.63) is 29.2 Å². The highest BCUT2D eigenvalue weighted by Gasteiger charge is 2.21. The molecule has 0 radical (unpaired) electrons. The minimum absolute atomic E-state index is 0.165. The number of ether oxygens (including phenoxy) is 3. The molecule has 29 heavy (non-hydrogen) atoms. The standard InChI is InChI=1S/C21H29N3O5/c1-5-27-19-13-18(24-7-9-26-10-8-24)20(28-6-2)12-17(19)22-21(25)11-16-14(3)23-29-15(16)4/h12-13H,5-11H2,1-4H3,(H,22,25). The number of benzene rings is 1. The van der Waals surface area contributed by atoms with Crippen molar-refractivity contribution < 1.29 is 23.5 Å². The first-order chi connectivity index (χ1) is 14.0. The number of anilines is 2. The van der Waals surface area contributed by atoms with Crippen LogP contribution in [0.25, 0.3) is 0 Å². The Bertz CT molecular complexity index is 824. The monoisotopic (exact) mass is 403 g/mol. The molecule has 2 heterocycles. The Balaban J connectivity index is 1.87. The third kappa shape index (κ3) is 5.00. The normalized spacial score (nSPS) is 14.0. The van der Waals surface area contributed by atoms with Gasteiger partial charge in [0.25, 0.3) is 0 Å². The van der Waals surface area contributed by atoms with Gasteiger partial charge < -0.3 is 29.0 Å². The van der Waals surface area contributed by atoms with Crippen LogP contribution in [0.1, 0.15) is 30.9 Å². The minimum atomic E-state index is -0.165. The fraction of sp³-hybridized carbons (Fsp3) is 0.524. The zero-order valence-electron chi connectivity index (χ0n) is 17.5. The van der Waals surface area contributed by atoms with Crippen LogP contribution < -0.4 is 19.7 Å². The van der Waals surface area contributed by atoms with Crippen molar-refractivity contribution >= 4 is 17.3 Å². The van der Waals surface area contributed by atoms with Gasteiger partial charge in [-0.05, 0) is 27.7 Å². The van der Waals surface area contributed by atoms with Crippen molar-refractivity contribution in [3.8, 4) is 11.5 Å². The van der Waals surface area contributed by atoms with E-state index >= 15 is 0 Å². The molecule has 0 aliphatic carbocycles. The second-order valence-electron chi connectivity index (χ2n) is 6.81. The number of nitrogens with zero attached hydrogens (tertiary/aromatic N) is 2. The van der Waals surface area contributed by atoms with Crippen LogP contribution in [0.2, 0.25) is 0 Å². The molecule has 0 unspecified atom stereocenters. The summed E-state index contributed by atoms with van der Waals surface area (Å²) >= 11 is 0. The van der Waals surface area contributed by atoms with Gasteiger partial charge in [0.15, 0.2) is 0 Å². The molecule has 1 aromatic carbocycles. The highest BCUT2D eigenvalue weighted by molar-refractivity contribution is 5.95. The quantitative estimate of drug-likeness (QED) is 0.725. The summed E-state index contributed by atoms with van der Waals surface area (Å²) in [4.78, 5) is 14.9. The third-order valence-corrected chi connectivity index (χ3v) is 4.81. The van der Waals surface area contributed by atoms with Crippen molar-refractivity contribution in [1.29, 1.82) is 0 Å². The fourth-order valence-corrected chi connectivity index (χ4v) is 3.35. The molecule has 1 N–H and O–H groups in total. The van der Waals surface area contributed by atoms with Crippen LogP contribution in [0.5, 0.6) is 11.5 Å². The lowest BCUT2D eigenvalue weighted by Gasteiger charge is -2.31. The summed E-state index contributed by atoms with van der Waals surface area (Å²) in [6.07, 6.45) is 0.182. The van der Waals surface area contributed by atoms with Crippen molar-refractivity contribution in [2.24, 2.45) is 0 Å². The molecule has 0 atom stereocenters. The molecular formula is C21H29N3O5. The number of carbonyl (C=O) groups is 1. The molecule has 1 saturated heterocycles. The summed E-state index contributed by atoms with van der Waals surface area (Å²) in [6.45, 7) is 11.4. The third-order valence-electron chi connectivity index (χ3n) is 4.81. The summed E-state index contributed by atoms with van der Waals surface area (Å²) in [5.74, 6) is 1.82. The Morgan fingerprint density at radius 2 is 1.83 bits per heavy atom. The van der Waals surface area contributed by atoms with Crippen LogP contribution >= 0.6 is 0 Å². The number of morpholine rings is 1. The molecule has 1 aromatic heterocycles. The molecule has 0 bridgehead atoms. The molecule has 8 heteroatoms. The molecule has 3 rings (SSSR count). The molecule has 8 nitrogen and oxygen atoms in total. The molecular weight excluding hydrogens is 374 g/mol. The SMILES string of the molecule is CCOc1cc(N2CCOCC2)c(OCC)cc1NC(=O)Cc1c(C)noc1C. The van der Waals surface area contributed by atoms with Crippen molar-refractivity contribution in [2.75, 3.05) is 49.7 Å². The summed E-state index contributed by atoms with van der Waals surface area (Å²) in [6, 6.07) is 3.77. The van der Waals surface area contributed by atoms with E-state index in [0.717, 1.165) is 30.0 Å². The number of rotatable bonds is 8. The van der Waals surface area contributed by atoms with E-state index in [2.05, 4.69) is 15.4 Å². The number of carbonyl (C=O) groups excluding carboxylic acids is 1. The average Bonchev–Trinajstić information content (AvgIpc) is 3.02. The van der Waals surface area contributed by atoms with Gasteiger partial charge in [-0.15, -0.1) is 0 Å². The zero-order chi connectivity index (χ0) is 20.8. The molecule has 2 aromatic rings. The maximum absolute atomic E-state index is 12.7. The van der Waals surface area contributed by atoms with Gasteiger partial charge in [0.2, 0.25) is 5.91 Å². The van der Waals surface area contributed by atoms with E-state index in [1.807, 2.05) is 32.9 Å². The maximum atomic E-state index is 12.7. The van der Waals surface area contributed by atoms with Gasteiger partial charge in [0.1, 0.15) is 17.3 Å². The second kappa shape index (κ2) is 9.65. The Morgan fingerprint density at radius 3 is 2.45 bits per heavy atom. The van der Waals surface area contributed by atoms with E-state index in [1.54, 1.807) is 6.92 Å². The van der Waals surface area contributed by atoms with E-state index in [0.29, 0.717) is 49.4 Å². The van der Waals surface area contributed by atoms with Crippen molar-refractivity contribution in [2.45, 2.75) is 34.1 Å². The Hall–Kier alpha value is -2.74. The van der Waals surface area contributed by atoms with E-state index in [-0.39, 0.29) is 12.3 Å².